The van der Waals surface area contributed by atoms with Crippen LogP contribution in [0.25, 0.3) is 0 Å². The van der Waals surface area contributed by atoms with E-state index >= 15 is 0 Å². The van der Waals surface area contributed by atoms with E-state index in [1.54, 1.807) is 11.9 Å². The summed E-state index contributed by atoms with van der Waals surface area (Å²) < 4.78 is 0. The minimum Gasteiger partial charge on any atom is -0.481 e. The highest BCUT2D eigenvalue weighted by molar-refractivity contribution is 5.80. The fraction of sp³-hybridized carbons (Fsp3) is 0.833. The Labute approximate surface area is 107 Å². The molecule has 0 aromatic carbocycles. The van der Waals surface area contributed by atoms with Crippen molar-refractivity contribution in [2.75, 3.05) is 33.7 Å². The van der Waals surface area contributed by atoms with Crippen LogP contribution in [0.4, 0.5) is 0 Å². The summed E-state index contributed by atoms with van der Waals surface area (Å²) in [4.78, 5) is 25.6. The van der Waals surface area contributed by atoms with Gasteiger partial charge in [-0.2, -0.15) is 0 Å². The molecule has 0 spiro atoms. The summed E-state index contributed by atoms with van der Waals surface area (Å²) in [5, 5.41) is 17.8. The standard InChI is InChI=1S/C12H22N2O4/c1-13-5-3-9(4-6-13)8-14(2)10(12(17)18)7-11(15)16/h9-10H,3-8H2,1-2H3,(H,15,16)(H,17,18). The van der Waals surface area contributed by atoms with E-state index in [0.717, 1.165) is 25.9 Å². The number of hydrogen-bond acceptors (Lipinski definition) is 4. The number of likely N-dealkylation sites (N-methyl/N-ethyl adjacent to an activating group) is 1. The molecule has 1 fully saturated rings. The molecular weight excluding hydrogens is 236 g/mol. The number of rotatable bonds is 6. The summed E-state index contributed by atoms with van der Waals surface area (Å²) >= 11 is 0. The maximum atomic E-state index is 11.1. The fourth-order valence-corrected chi connectivity index (χ4v) is 2.38. The maximum absolute atomic E-state index is 11.1. The van der Waals surface area contributed by atoms with Crippen molar-refractivity contribution < 1.29 is 19.8 Å². The van der Waals surface area contributed by atoms with E-state index in [0.29, 0.717) is 12.5 Å². The van der Waals surface area contributed by atoms with Crippen LogP contribution >= 0.6 is 0 Å². The third-order valence-corrected chi connectivity index (χ3v) is 3.57. The Balaban J connectivity index is 2.48. The fourth-order valence-electron chi connectivity index (χ4n) is 2.38. The molecule has 6 heteroatoms. The second-order valence-corrected chi connectivity index (χ2v) is 5.14. The van der Waals surface area contributed by atoms with Gasteiger partial charge in [-0.15, -0.1) is 0 Å². The van der Waals surface area contributed by atoms with E-state index in [1.807, 2.05) is 0 Å². The highest BCUT2D eigenvalue weighted by Crippen LogP contribution is 2.18. The zero-order valence-electron chi connectivity index (χ0n) is 11.0. The van der Waals surface area contributed by atoms with Crippen LogP contribution in [0.3, 0.4) is 0 Å². The van der Waals surface area contributed by atoms with Gasteiger partial charge in [-0.3, -0.25) is 14.5 Å². The molecule has 1 heterocycles. The number of carboxylic acid groups (broad SMARTS) is 2. The average molecular weight is 258 g/mol. The van der Waals surface area contributed by atoms with E-state index in [-0.39, 0.29) is 6.42 Å². The van der Waals surface area contributed by atoms with Crippen LogP contribution in [0.2, 0.25) is 0 Å². The third kappa shape index (κ3) is 4.62. The van der Waals surface area contributed by atoms with Crippen LogP contribution in [0.1, 0.15) is 19.3 Å². The first-order chi connectivity index (χ1) is 8.40. The molecule has 0 aliphatic carbocycles. The zero-order chi connectivity index (χ0) is 13.7. The number of carboxylic acids is 2. The Kier molecular flexibility index (Phi) is 5.55. The number of likely N-dealkylation sites (tertiary alicyclic amines) is 1. The average Bonchev–Trinajstić information content (AvgIpc) is 2.28. The maximum Gasteiger partial charge on any atom is 0.321 e. The van der Waals surface area contributed by atoms with Crippen LogP contribution in [0, 0.1) is 5.92 Å². The Morgan fingerprint density at radius 3 is 2.33 bits per heavy atom. The predicted molar refractivity (Wildman–Crippen MR) is 66.5 cm³/mol. The number of carbonyl (C=O) groups is 2. The third-order valence-electron chi connectivity index (χ3n) is 3.57. The molecule has 0 bridgehead atoms. The van der Waals surface area contributed by atoms with Gasteiger partial charge in [0.05, 0.1) is 6.42 Å². The molecular formula is C12H22N2O4. The van der Waals surface area contributed by atoms with Crippen molar-refractivity contribution in [2.45, 2.75) is 25.3 Å². The van der Waals surface area contributed by atoms with Crippen molar-refractivity contribution in [3.63, 3.8) is 0 Å². The lowest BCUT2D eigenvalue weighted by atomic mass is 9.96. The summed E-state index contributed by atoms with van der Waals surface area (Å²) in [5.41, 5.74) is 0. The largest absolute Gasteiger partial charge is 0.481 e. The normalized spacial score (nSPS) is 19.9. The lowest BCUT2D eigenvalue weighted by Crippen LogP contribution is -2.44. The first-order valence-electron chi connectivity index (χ1n) is 6.23. The Morgan fingerprint density at radius 2 is 1.89 bits per heavy atom. The monoisotopic (exact) mass is 258 g/mol. The van der Waals surface area contributed by atoms with E-state index in [1.165, 1.54) is 0 Å². The molecule has 18 heavy (non-hydrogen) atoms. The summed E-state index contributed by atoms with van der Waals surface area (Å²) in [7, 11) is 3.77. The Bertz CT molecular complexity index is 300. The number of aliphatic carboxylic acids is 2. The van der Waals surface area contributed by atoms with Crippen molar-refractivity contribution >= 4 is 11.9 Å². The molecule has 1 aliphatic heterocycles. The number of nitrogens with zero attached hydrogens (tertiary/aromatic N) is 2. The molecule has 0 saturated carbocycles. The van der Waals surface area contributed by atoms with Gasteiger partial charge in [0, 0.05) is 6.54 Å². The van der Waals surface area contributed by atoms with Crippen molar-refractivity contribution in [3.8, 4) is 0 Å². The van der Waals surface area contributed by atoms with E-state index < -0.39 is 18.0 Å². The summed E-state index contributed by atoms with van der Waals surface area (Å²) in [6, 6.07) is -0.929. The van der Waals surface area contributed by atoms with Crippen LogP contribution in [-0.4, -0.2) is 71.7 Å². The highest BCUT2D eigenvalue weighted by atomic mass is 16.4. The van der Waals surface area contributed by atoms with Gasteiger partial charge < -0.3 is 15.1 Å². The van der Waals surface area contributed by atoms with Gasteiger partial charge in [0.2, 0.25) is 0 Å². The topological polar surface area (TPSA) is 81.1 Å². The lowest BCUT2D eigenvalue weighted by Gasteiger charge is -2.33. The van der Waals surface area contributed by atoms with Crippen LogP contribution in [0.15, 0.2) is 0 Å². The number of piperidine rings is 1. The molecule has 1 atom stereocenters. The summed E-state index contributed by atoms with van der Waals surface area (Å²) in [6.07, 6.45) is 1.74. The zero-order valence-corrected chi connectivity index (χ0v) is 11.0. The van der Waals surface area contributed by atoms with Gasteiger partial charge in [-0.25, -0.2) is 0 Å². The molecule has 1 rings (SSSR count). The van der Waals surface area contributed by atoms with Gasteiger partial charge in [0.1, 0.15) is 6.04 Å². The van der Waals surface area contributed by atoms with Crippen molar-refractivity contribution in [3.05, 3.63) is 0 Å². The SMILES string of the molecule is CN1CCC(CN(C)C(CC(=O)O)C(=O)O)CC1. The molecule has 0 radical (unpaired) electrons. The summed E-state index contributed by atoms with van der Waals surface area (Å²) in [5.74, 6) is -1.67. The lowest BCUT2D eigenvalue weighted by molar-refractivity contribution is -0.149. The van der Waals surface area contributed by atoms with Gasteiger partial charge in [-0.1, -0.05) is 0 Å². The van der Waals surface area contributed by atoms with Crippen molar-refractivity contribution in [2.24, 2.45) is 5.92 Å². The van der Waals surface area contributed by atoms with Crippen LogP contribution < -0.4 is 0 Å². The molecule has 1 aliphatic rings. The molecule has 6 nitrogen and oxygen atoms in total. The van der Waals surface area contributed by atoms with Gasteiger partial charge in [-0.05, 0) is 45.9 Å². The molecule has 1 saturated heterocycles. The highest BCUT2D eigenvalue weighted by Gasteiger charge is 2.28. The first kappa shape index (κ1) is 14.9. The second kappa shape index (κ2) is 6.70. The molecule has 1 unspecified atom stereocenters. The number of hydrogen-bond donors (Lipinski definition) is 2. The Morgan fingerprint density at radius 1 is 1.33 bits per heavy atom. The molecule has 0 aromatic rings. The second-order valence-electron chi connectivity index (χ2n) is 5.14. The van der Waals surface area contributed by atoms with Crippen molar-refractivity contribution in [1.82, 2.24) is 9.80 Å². The van der Waals surface area contributed by atoms with E-state index in [9.17, 15) is 9.59 Å². The summed E-state index contributed by atoms with van der Waals surface area (Å²) in [6.45, 7) is 2.70. The van der Waals surface area contributed by atoms with Crippen LogP contribution in [-0.2, 0) is 9.59 Å². The van der Waals surface area contributed by atoms with Crippen LogP contribution in [0.5, 0.6) is 0 Å². The minimum atomic E-state index is -1.07. The van der Waals surface area contributed by atoms with Gasteiger partial charge >= 0.3 is 11.9 Å². The smallest absolute Gasteiger partial charge is 0.321 e. The van der Waals surface area contributed by atoms with Crippen molar-refractivity contribution in [1.29, 1.82) is 0 Å². The van der Waals surface area contributed by atoms with E-state index in [4.69, 9.17) is 10.2 Å². The molecule has 0 amide bonds. The Hall–Kier alpha value is -1.14. The van der Waals surface area contributed by atoms with Gasteiger partial charge in [0.25, 0.3) is 0 Å². The molecule has 0 aromatic heterocycles. The van der Waals surface area contributed by atoms with E-state index in [2.05, 4.69) is 11.9 Å². The quantitative estimate of drug-likeness (QED) is 0.708. The predicted octanol–water partition coefficient (Wildman–Crippen LogP) is 0.188. The first-order valence-corrected chi connectivity index (χ1v) is 6.23. The molecule has 104 valence electrons. The molecule has 2 N–H and O–H groups in total. The van der Waals surface area contributed by atoms with Gasteiger partial charge in [0.15, 0.2) is 0 Å². The minimum absolute atomic E-state index is 0.349.